The van der Waals surface area contributed by atoms with E-state index < -0.39 is 0 Å². The summed E-state index contributed by atoms with van der Waals surface area (Å²) in [4.78, 5) is 17.4. The Morgan fingerprint density at radius 3 is 2.81 bits per heavy atom. The molecule has 0 radical (unpaired) electrons. The molecule has 2 aliphatic rings. The number of rotatable bonds is 2. The van der Waals surface area contributed by atoms with Crippen LogP contribution in [0.4, 0.5) is 5.69 Å². The second-order valence-corrected chi connectivity index (χ2v) is 7.01. The predicted octanol–water partition coefficient (Wildman–Crippen LogP) is 3.79. The second kappa shape index (κ2) is 6.61. The monoisotopic (exact) mass is 363 g/mol. The van der Waals surface area contributed by atoms with Gasteiger partial charge < -0.3 is 19.4 Å². The lowest BCUT2D eigenvalue weighted by Gasteiger charge is -2.18. The highest BCUT2D eigenvalue weighted by Crippen LogP contribution is 2.31. The maximum atomic E-state index is 12.6. The molecule has 6 nitrogen and oxygen atoms in total. The number of aromatic nitrogens is 2. The number of aryl methyl sites for hydroxylation is 2. The van der Waals surface area contributed by atoms with Crippen LogP contribution in [-0.4, -0.2) is 28.7 Å². The Morgan fingerprint density at radius 2 is 1.89 bits per heavy atom. The molecule has 5 rings (SSSR count). The standard InChI is InChI=1S/C21H21N3O3/c25-21(14-5-8-18-19(12-14)27-11-10-26-18)22-15-6-7-17-16(13-15)23-20-4-2-1-3-9-24(17)20/h5-8,12-13H,1-4,9-11H2,(H,22,25). The average molecular weight is 363 g/mol. The number of benzene rings is 2. The number of hydrogen-bond acceptors (Lipinski definition) is 4. The van der Waals surface area contributed by atoms with Crippen LogP contribution in [0.3, 0.4) is 0 Å². The lowest BCUT2D eigenvalue weighted by molar-refractivity contribution is 0.102. The summed E-state index contributed by atoms with van der Waals surface area (Å²) in [6, 6.07) is 11.2. The van der Waals surface area contributed by atoms with Gasteiger partial charge >= 0.3 is 0 Å². The molecule has 0 atom stereocenters. The molecule has 0 aliphatic carbocycles. The summed E-state index contributed by atoms with van der Waals surface area (Å²) < 4.78 is 13.4. The Bertz CT molecular complexity index is 1020. The normalized spacial score (nSPS) is 15.9. The summed E-state index contributed by atoms with van der Waals surface area (Å²) in [6.45, 7) is 2.06. The van der Waals surface area contributed by atoms with E-state index in [0.29, 0.717) is 30.3 Å². The lowest BCUT2D eigenvalue weighted by Crippen LogP contribution is -2.17. The van der Waals surface area contributed by atoms with E-state index in [9.17, 15) is 4.79 Å². The van der Waals surface area contributed by atoms with E-state index in [-0.39, 0.29) is 5.91 Å². The van der Waals surface area contributed by atoms with Crippen LogP contribution in [0.15, 0.2) is 36.4 Å². The van der Waals surface area contributed by atoms with Crippen molar-refractivity contribution in [1.29, 1.82) is 0 Å². The number of nitrogens with zero attached hydrogens (tertiary/aromatic N) is 2. The van der Waals surface area contributed by atoms with E-state index in [0.717, 1.165) is 35.5 Å². The Balaban J connectivity index is 1.40. The van der Waals surface area contributed by atoms with Gasteiger partial charge in [0.25, 0.3) is 5.91 Å². The van der Waals surface area contributed by atoms with Gasteiger partial charge in [0.1, 0.15) is 19.0 Å². The first-order valence-electron chi connectivity index (χ1n) is 9.48. The van der Waals surface area contributed by atoms with Crippen LogP contribution < -0.4 is 14.8 Å². The summed E-state index contributed by atoms with van der Waals surface area (Å²) in [6.07, 6.45) is 4.67. The minimum absolute atomic E-state index is 0.174. The summed E-state index contributed by atoms with van der Waals surface area (Å²) in [5, 5.41) is 2.97. The number of fused-ring (bicyclic) bond motifs is 4. The molecule has 2 aromatic carbocycles. The van der Waals surface area contributed by atoms with Crippen molar-refractivity contribution in [1.82, 2.24) is 9.55 Å². The zero-order chi connectivity index (χ0) is 18.2. The highest BCUT2D eigenvalue weighted by Gasteiger charge is 2.17. The molecule has 3 heterocycles. The molecule has 0 spiro atoms. The highest BCUT2D eigenvalue weighted by atomic mass is 16.6. The molecule has 138 valence electrons. The topological polar surface area (TPSA) is 65.4 Å². The van der Waals surface area contributed by atoms with E-state index in [4.69, 9.17) is 14.5 Å². The van der Waals surface area contributed by atoms with Gasteiger partial charge in [-0.2, -0.15) is 0 Å². The SMILES string of the molecule is O=C(Nc1ccc2c(c1)nc1n2CCCCC1)c1ccc2c(c1)OCCO2. The fourth-order valence-corrected chi connectivity index (χ4v) is 3.82. The van der Waals surface area contributed by atoms with Crippen LogP contribution in [0.2, 0.25) is 0 Å². The van der Waals surface area contributed by atoms with Crippen molar-refractivity contribution in [2.24, 2.45) is 0 Å². The van der Waals surface area contributed by atoms with Crippen molar-refractivity contribution in [2.45, 2.75) is 32.2 Å². The van der Waals surface area contributed by atoms with Gasteiger partial charge in [0.05, 0.1) is 11.0 Å². The number of anilines is 1. The van der Waals surface area contributed by atoms with Gasteiger partial charge in [0.15, 0.2) is 11.5 Å². The number of amides is 1. The van der Waals surface area contributed by atoms with Crippen LogP contribution in [0, 0.1) is 0 Å². The number of imidazole rings is 1. The van der Waals surface area contributed by atoms with Gasteiger partial charge in [-0.3, -0.25) is 4.79 Å². The Labute approximate surface area is 157 Å². The van der Waals surface area contributed by atoms with Crippen LogP contribution >= 0.6 is 0 Å². The number of hydrogen-bond donors (Lipinski definition) is 1. The molecule has 0 unspecified atom stereocenters. The predicted molar refractivity (Wildman–Crippen MR) is 103 cm³/mol. The first kappa shape index (κ1) is 16.2. The maximum Gasteiger partial charge on any atom is 0.255 e. The first-order valence-corrected chi connectivity index (χ1v) is 9.48. The Kier molecular flexibility index (Phi) is 3.96. The molecule has 1 N–H and O–H groups in total. The second-order valence-electron chi connectivity index (χ2n) is 7.01. The largest absolute Gasteiger partial charge is 0.486 e. The Hall–Kier alpha value is -3.02. The van der Waals surface area contributed by atoms with Crippen molar-refractivity contribution in [2.75, 3.05) is 18.5 Å². The Morgan fingerprint density at radius 1 is 1.00 bits per heavy atom. The summed E-state index contributed by atoms with van der Waals surface area (Å²) >= 11 is 0. The number of carbonyl (C=O) groups is 1. The zero-order valence-electron chi connectivity index (χ0n) is 15.0. The van der Waals surface area contributed by atoms with Crippen LogP contribution in [-0.2, 0) is 13.0 Å². The maximum absolute atomic E-state index is 12.6. The van der Waals surface area contributed by atoms with Crippen molar-refractivity contribution in [3.8, 4) is 11.5 Å². The molecule has 0 saturated heterocycles. The average Bonchev–Trinajstić information content (AvgIpc) is 2.87. The minimum Gasteiger partial charge on any atom is -0.486 e. The number of carbonyl (C=O) groups excluding carboxylic acids is 1. The summed E-state index contributed by atoms with van der Waals surface area (Å²) in [5.41, 5.74) is 3.37. The quantitative estimate of drug-likeness (QED) is 0.752. The van der Waals surface area contributed by atoms with Crippen molar-refractivity contribution in [3.63, 3.8) is 0 Å². The van der Waals surface area contributed by atoms with Crippen LogP contribution in [0.25, 0.3) is 11.0 Å². The lowest BCUT2D eigenvalue weighted by atomic mass is 10.1. The van der Waals surface area contributed by atoms with Gasteiger partial charge in [0, 0.05) is 24.2 Å². The van der Waals surface area contributed by atoms with Crippen LogP contribution in [0.1, 0.15) is 35.4 Å². The van der Waals surface area contributed by atoms with Crippen molar-refractivity contribution >= 4 is 22.6 Å². The molecule has 2 aliphatic heterocycles. The minimum atomic E-state index is -0.174. The first-order chi connectivity index (χ1) is 13.3. The molecular weight excluding hydrogens is 342 g/mol. The fraction of sp³-hybridized carbons (Fsp3) is 0.333. The number of nitrogens with one attached hydrogen (secondary N) is 1. The van der Waals surface area contributed by atoms with E-state index in [1.165, 1.54) is 19.3 Å². The van der Waals surface area contributed by atoms with Crippen molar-refractivity contribution < 1.29 is 14.3 Å². The molecular formula is C21H21N3O3. The zero-order valence-corrected chi connectivity index (χ0v) is 15.0. The van der Waals surface area contributed by atoms with E-state index in [1.807, 2.05) is 12.1 Å². The molecule has 1 aromatic heterocycles. The van der Waals surface area contributed by atoms with Gasteiger partial charge in [-0.15, -0.1) is 0 Å². The van der Waals surface area contributed by atoms with E-state index in [2.05, 4.69) is 16.0 Å². The van der Waals surface area contributed by atoms with E-state index >= 15 is 0 Å². The van der Waals surface area contributed by atoms with Crippen LogP contribution in [0.5, 0.6) is 11.5 Å². The number of ether oxygens (including phenoxy) is 2. The third-order valence-electron chi connectivity index (χ3n) is 5.17. The molecule has 6 heteroatoms. The molecule has 0 saturated carbocycles. The highest BCUT2D eigenvalue weighted by molar-refractivity contribution is 6.05. The van der Waals surface area contributed by atoms with Gasteiger partial charge in [0.2, 0.25) is 0 Å². The summed E-state index contributed by atoms with van der Waals surface area (Å²) in [5.74, 6) is 2.27. The molecule has 3 aromatic rings. The van der Waals surface area contributed by atoms with E-state index in [1.54, 1.807) is 18.2 Å². The molecule has 27 heavy (non-hydrogen) atoms. The smallest absolute Gasteiger partial charge is 0.255 e. The third-order valence-corrected chi connectivity index (χ3v) is 5.17. The third kappa shape index (κ3) is 3.01. The van der Waals surface area contributed by atoms with Gasteiger partial charge in [-0.05, 0) is 49.2 Å². The molecule has 0 fully saturated rings. The molecule has 1 amide bonds. The van der Waals surface area contributed by atoms with Gasteiger partial charge in [-0.25, -0.2) is 4.98 Å². The fourth-order valence-electron chi connectivity index (χ4n) is 3.82. The molecule has 0 bridgehead atoms. The van der Waals surface area contributed by atoms with Crippen molar-refractivity contribution in [3.05, 3.63) is 47.8 Å². The summed E-state index contributed by atoms with van der Waals surface area (Å²) in [7, 11) is 0. The van der Waals surface area contributed by atoms with Gasteiger partial charge in [-0.1, -0.05) is 6.42 Å².